The van der Waals surface area contributed by atoms with E-state index in [4.69, 9.17) is 5.26 Å². The average molecular weight is 301 g/mol. The van der Waals surface area contributed by atoms with Crippen molar-refractivity contribution in [1.29, 1.82) is 5.26 Å². The summed E-state index contributed by atoms with van der Waals surface area (Å²) >= 11 is 0. The number of carbonyl (C=O) groups excluding carboxylic acids is 2. The number of pyridine rings is 1. The molecule has 0 saturated heterocycles. The van der Waals surface area contributed by atoms with E-state index >= 15 is 0 Å². The van der Waals surface area contributed by atoms with Gasteiger partial charge in [-0.25, -0.2) is 9.78 Å². The molecule has 0 aliphatic rings. The molecule has 0 saturated carbocycles. The maximum absolute atomic E-state index is 12.4. The van der Waals surface area contributed by atoms with Crippen LogP contribution in [0.4, 0.5) is 23.8 Å². The van der Waals surface area contributed by atoms with Gasteiger partial charge in [-0.3, -0.25) is 10.1 Å². The Morgan fingerprint density at radius 1 is 1.33 bits per heavy atom. The molecule has 0 unspecified atom stereocenters. The number of anilines is 1. The zero-order chi connectivity index (χ0) is 15.9. The Hall–Kier alpha value is -2.83. The number of nitriles is 1. The van der Waals surface area contributed by atoms with Gasteiger partial charge in [0.15, 0.2) is 0 Å². The molecule has 0 aromatic carbocycles. The van der Waals surface area contributed by atoms with Crippen molar-refractivity contribution in [3.63, 3.8) is 0 Å². The quantitative estimate of drug-likeness (QED) is 0.717. The minimum atomic E-state index is -4.55. The fourth-order valence-electron chi connectivity index (χ4n) is 1.20. The molecule has 3 N–H and O–H groups in total. The van der Waals surface area contributed by atoms with Gasteiger partial charge in [0.05, 0.1) is 18.2 Å². The summed E-state index contributed by atoms with van der Waals surface area (Å²) in [6.45, 7) is -0.635. The van der Waals surface area contributed by atoms with Crippen molar-refractivity contribution in [2.75, 3.05) is 18.4 Å². The van der Waals surface area contributed by atoms with E-state index in [9.17, 15) is 22.8 Å². The number of aromatic nitrogens is 1. The summed E-state index contributed by atoms with van der Waals surface area (Å²) in [5.74, 6) is -0.913. The van der Waals surface area contributed by atoms with Crippen molar-refractivity contribution in [2.24, 2.45) is 0 Å². The van der Waals surface area contributed by atoms with Crippen LogP contribution in [0.5, 0.6) is 0 Å². The van der Waals surface area contributed by atoms with Crippen LogP contribution in [0.3, 0.4) is 0 Å². The standard InChI is InChI=1S/C11H10F3N5O2/c12-11(13,14)7-1-3-16-8(5-7)19-10(21)18-6-9(20)17-4-2-15/h1,3,5H,4,6H2,(H,17,20)(H2,16,18,19,21). The summed E-state index contributed by atoms with van der Waals surface area (Å²) in [6.07, 6.45) is -3.65. The van der Waals surface area contributed by atoms with Gasteiger partial charge in [-0.05, 0) is 12.1 Å². The van der Waals surface area contributed by atoms with E-state index in [2.05, 4.69) is 20.9 Å². The summed E-state index contributed by atoms with van der Waals surface area (Å²) in [5.41, 5.74) is -0.959. The first-order valence-corrected chi connectivity index (χ1v) is 5.54. The van der Waals surface area contributed by atoms with Crippen LogP contribution in [-0.2, 0) is 11.0 Å². The number of hydrogen-bond donors (Lipinski definition) is 3. The van der Waals surface area contributed by atoms with E-state index in [-0.39, 0.29) is 12.4 Å². The average Bonchev–Trinajstić information content (AvgIpc) is 2.42. The van der Waals surface area contributed by atoms with Crippen LogP contribution < -0.4 is 16.0 Å². The monoisotopic (exact) mass is 301 g/mol. The van der Waals surface area contributed by atoms with Crippen LogP contribution in [-0.4, -0.2) is 30.0 Å². The lowest BCUT2D eigenvalue weighted by molar-refractivity contribution is -0.137. The summed E-state index contributed by atoms with van der Waals surface area (Å²) in [6, 6.07) is 2.20. The minimum Gasteiger partial charge on any atom is -0.341 e. The van der Waals surface area contributed by atoms with Crippen LogP contribution in [0.1, 0.15) is 5.56 Å². The molecule has 1 rings (SSSR count). The highest BCUT2D eigenvalue weighted by atomic mass is 19.4. The van der Waals surface area contributed by atoms with Crippen molar-refractivity contribution >= 4 is 17.8 Å². The lowest BCUT2D eigenvalue weighted by Gasteiger charge is -2.09. The number of urea groups is 1. The van der Waals surface area contributed by atoms with E-state index < -0.39 is 30.2 Å². The van der Waals surface area contributed by atoms with E-state index in [1.165, 1.54) is 0 Å². The molecule has 0 aliphatic carbocycles. The molecular formula is C11H10F3N5O2. The number of halogens is 3. The Morgan fingerprint density at radius 2 is 2.05 bits per heavy atom. The molecule has 1 aromatic rings. The number of hydrogen-bond acceptors (Lipinski definition) is 4. The van der Waals surface area contributed by atoms with Gasteiger partial charge in [0, 0.05) is 6.20 Å². The third-order valence-corrected chi connectivity index (χ3v) is 2.10. The minimum absolute atomic E-state index is 0.211. The summed E-state index contributed by atoms with van der Waals surface area (Å²) in [5, 5.41) is 14.6. The Balaban J connectivity index is 2.52. The van der Waals surface area contributed by atoms with Gasteiger partial charge >= 0.3 is 12.2 Å². The topological polar surface area (TPSA) is 107 Å². The Labute approximate surface area is 117 Å². The van der Waals surface area contributed by atoms with Gasteiger partial charge < -0.3 is 10.6 Å². The van der Waals surface area contributed by atoms with Gasteiger partial charge in [-0.1, -0.05) is 0 Å². The number of rotatable bonds is 4. The highest BCUT2D eigenvalue weighted by molar-refractivity contribution is 5.91. The Bertz CT molecular complexity index is 568. The van der Waals surface area contributed by atoms with Crippen LogP contribution >= 0.6 is 0 Å². The SMILES string of the molecule is N#CCNC(=O)CNC(=O)Nc1cc(C(F)(F)F)ccn1. The zero-order valence-electron chi connectivity index (χ0n) is 10.5. The largest absolute Gasteiger partial charge is 0.416 e. The smallest absolute Gasteiger partial charge is 0.341 e. The Kier molecular flexibility index (Phi) is 5.48. The summed E-state index contributed by atoms with van der Waals surface area (Å²) < 4.78 is 37.3. The maximum atomic E-state index is 12.4. The summed E-state index contributed by atoms with van der Waals surface area (Å²) in [7, 11) is 0. The molecule has 0 bridgehead atoms. The lowest BCUT2D eigenvalue weighted by Crippen LogP contribution is -2.39. The molecule has 1 heterocycles. The molecule has 21 heavy (non-hydrogen) atoms. The predicted molar refractivity (Wildman–Crippen MR) is 64.9 cm³/mol. The third kappa shape index (κ3) is 5.77. The number of amides is 3. The molecule has 0 atom stereocenters. The molecule has 7 nitrogen and oxygen atoms in total. The first kappa shape index (κ1) is 16.2. The molecular weight excluding hydrogens is 291 g/mol. The second kappa shape index (κ2) is 7.09. The highest BCUT2D eigenvalue weighted by Crippen LogP contribution is 2.29. The summed E-state index contributed by atoms with van der Waals surface area (Å²) in [4.78, 5) is 26.0. The van der Waals surface area contributed by atoms with Crippen LogP contribution in [0.2, 0.25) is 0 Å². The fraction of sp³-hybridized carbons (Fsp3) is 0.273. The lowest BCUT2D eigenvalue weighted by atomic mass is 10.2. The third-order valence-electron chi connectivity index (χ3n) is 2.10. The molecule has 10 heteroatoms. The van der Waals surface area contributed by atoms with Gasteiger partial charge in [0.2, 0.25) is 5.91 Å². The van der Waals surface area contributed by atoms with E-state index in [1.54, 1.807) is 6.07 Å². The van der Waals surface area contributed by atoms with E-state index in [0.29, 0.717) is 6.07 Å². The molecule has 0 aliphatic heterocycles. The van der Waals surface area contributed by atoms with Crippen molar-refractivity contribution in [3.05, 3.63) is 23.9 Å². The van der Waals surface area contributed by atoms with Gasteiger partial charge in [0.1, 0.15) is 12.4 Å². The number of nitrogens with zero attached hydrogens (tertiary/aromatic N) is 2. The van der Waals surface area contributed by atoms with Crippen LogP contribution in [0.15, 0.2) is 18.3 Å². The second-order valence-electron chi connectivity index (χ2n) is 3.67. The van der Waals surface area contributed by atoms with Gasteiger partial charge in [0.25, 0.3) is 0 Å². The molecule has 3 amide bonds. The van der Waals surface area contributed by atoms with E-state index in [1.807, 2.05) is 0 Å². The molecule has 0 spiro atoms. The first-order chi connectivity index (χ1) is 9.82. The Morgan fingerprint density at radius 3 is 2.67 bits per heavy atom. The zero-order valence-corrected chi connectivity index (χ0v) is 10.5. The molecule has 1 aromatic heterocycles. The number of nitrogens with one attached hydrogen (secondary N) is 3. The van der Waals surface area contributed by atoms with Crippen molar-refractivity contribution in [3.8, 4) is 6.07 Å². The predicted octanol–water partition coefficient (Wildman–Crippen LogP) is 0.862. The van der Waals surface area contributed by atoms with Crippen molar-refractivity contribution in [2.45, 2.75) is 6.18 Å². The molecule has 112 valence electrons. The molecule has 0 fully saturated rings. The van der Waals surface area contributed by atoms with Crippen LogP contribution in [0, 0.1) is 11.3 Å². The van der Waals surface area contributed by atoms with Crippen LogP contribution in [0.25, 0.3) is 0 Å². The second-order valence-corrected chi connectivity index (χ2v) is 3.67. The van der Waals surface area contributed by atoms with Gasteiger partial charge in [-0.2, -0.15) is 18.4 Å². The maximum Gasteiger partial charge on any atom is 0.416 e. The van der Waals surface area contributed by atoms with Gasteiger partial charge in [-0.15, -0.1) is 0 Å². The van der Waals surface area contributed by atoms with E-state index in [0.717, 1.165) is 12.3 Å². The van der Waals surface area contributed by atoms with Crippen molar-refractivity contribution in [1.82, 2.24) is 15.6 Å². The highest BCUT2D eigenvalue weighted by Gasteiger charge is 2.30. The first-order valence-electron chi connectivity index (χ1n) is 5.54. The normalized spacial score (nSPS) is 10.4. The number of carbonyl (C=O) groups is 2. The van der Waals surface area contributed by atoms with Crippen molar-refractivity contribution < 1.29 is 22.8 Å². The molecule has 0 radical (unpaired) electrons. The number of alkyl halides is 3. The fourth-order valence-corrected chi connectivity index (χ4v) is 1.20.